The van der Waals surface area contributed by atoms with Gasteiger partial charge in [0, 0.05) is 11.9 Å². The lowest BCUT2D eigenvalue weighted by Crippen LogP contribution is -2.28. The molecule has 1 aromatic carbocycles. The van der Waals surface area contributed by atoms with Crippen LogP contribution >= 0.6 is 0 Å². The van der Waals surface area contributed by atoms with E-state index in [0.29, 0.717) is 5.69 Å². The van der Waals surface area contributed by atoms with Crippen LogP contribution in [0.3, 0.4) is 0 Å². The molecule has 0 saturated heterocycles. The van der Waals surface area contributed by atoms with E-state index in [1.807, 2.05) is 25.1 Å². The number of anilines is 1. The van der Waals surface area contributed by atoms with Gasteiger partial charge in [-0.1, -0.05) is 18.2 Å². The van der Waals surface area contributed by atoms with E-state index in [1.165, 1.54) is 18.3 Å². The number of amides is 2. The van der Waals surface area contributed by atoms with Gasteiger partial charge in [-0.15, -0.1) is 0 Å². The fraction of sp³-hybridized carbons (Fsp3) is 0.133. The Morgan fingerprint density at radius 3 is 2.71 bits per heavy atom. The van der Waals surface area contributed by atoms with Crippen LogP contribution in [-0.2, 0) is 6.54 Å². The number of para-hydroxylation sites is 1. The second kappa shape index (κ2) is 6.51. The van der Waals surface area contributed by atoms with Crippen LogP contribution < -0.4 is 10.6 Å². The zero-order valence-corrected chi connectivity index (χ0v) is 11.5. The summed E-state index contributed by atoms with van der Waals surface area (Å²) in [4.78, 5) is 26.6. The first-order chi connectivity index (χ1) is 10.1. The van der Waals surface area contributed by atoms with Crippen molar-refractivity contribution in [2.24, 2.45) is 0 Å². The molecule has 0 saturated carbocycles. The highest BCUT2D eigenvalue weighted by atomic mass is 16.4. The van der Waals surface area contributed by atoms with Crippen molar-refractivity contribution < 1.29 is 14.7 Å². The smallest absolute Gasteiger partial charge is 0.335 e. The average molecular weight is 285 g/mol. The van der Waals surface area contributed by atoms with Crippen LogP contribution in [0, 0.1) is 6.92 Å². The van der Waals surface area contributed by atoms with E-state index in [4.69, 9.17) is 5.11 Å². The van der Waals surface area contributed by atoms with Gasteiger partial charge in [0.25, 0.3) is 0 Å². The number of nitrogens with zero attached hydrogens (tertiary/aromatic N) is 1. The minimum atomic E-state index is -1.02. The van der Waals surface area contributed by atoms with Crippen molar-refractivity contribution in [2.45, 2.75) is 13.5 Å². The van der Waals surface area contributed by atoms with Crippen molar-refractivity contribution in [1.29, 1.82) is 0 Å². The molecule has 2 amide bonds. The molecule has 21 heavy (non-hydrogen) atoms. The highest BCUT2D eigenvalue weighted by Crippen LogP contribution is 2.12. The second-order valence-electron chi connectivity index (χ2n) is 4.46. The molecule has 0 spiro atoms. The van der Waals surface area contributed by atoms with Gasteiger partial charge in [-0.2, -0.15) is 0 Å². The lowest BCUT2D eigenvalue weighted by Gasteiger charge is -2.09. The van der Waals surface area contributed by atoms with E-state index < -0.39 is 5.97 Å². The van der Waals surface area contributed by atoms with Gasteiger partial charge >= 0.3 is 12.0 Å². The monoisotopic (exact) mass is 285 g/mol. The normalized spacial score (nSPS) is 9.95. The lowest BCUT2D eigenvalue weighted by molar-refractivity contribution is 0.0696. The number of carbonyl (C=O) groups is 2. The predicted octanol–water partition coefficient (Wildman–Crippen LogP) is 2.41. The summed E-state index contributed by atoms with van der Waals surface area (Å²) >= 11 is 0. The van der Waals surface area contributed by atoms with Crippen molar-refractivity contribution in [3.63, 3.8) is 0 Å². The summed E-state index contributed by atoms with van der Waals surface area (Å²) < 4.78 is 0. The Labute approximate surface area is 121 Å². The Morgan fingerprint density at radius 1 is 1.24 bits per heavy atom. The first kappa shape index (κ1) is 14.5. The van der Waals surface area contributed by atoms with Gasteiger partial charge in [0.05, 0.1) is 17.8 Å². The fourth-order valence-electron chi connectivity index (χ4n) is 1.76. The molecule has 2 rings (SSSR count). The van der Waals surface area contributed by atoms with Gasteiger partial charge in [0.1, 0.15) is 0 Å². The van der Waals surface area contributed by atoms with E-state index in [2.05, 4.69) is 15.6 Å². The lowest BCUT2D eigenvalue weighted by atomic mass is 10.2. The number of hydrogen-bond donors (Lipinski definition) is 3. The number of nitrogens with one attached hydrogen (secondary N) is 2. The van der Waals surface area contributed by atoms with E-state index >= 15 is 0 Å². The maximum atomic E-state index is 11.8. The third kappa shape index (κ3) is 4.04. The summed E-state index contributed by atoms with van der Waals surface area (Å²) in [5.74, 6) is -1.02. The third-order valence-electron chi connectivity index (χ3n) is 2.89. The number of carboxylic acids is 1. The molecule has 0 radical (unpaired) electrons. The molecule has 0 fully saturated rings. The highest BCUT2D eigenvalue weighted by Gasteiger charge is 2.06. The summed E-state index contributed by atoms with van der Waals surface area (Å²) in [5.41, 5.74) is 2.30. The Balaban J connectivity index is 1.94. The molecule has 0 bridgehead atoms. The molecule has 1 heterocycles. The number of carbonyl (C=O) groups excluding carboxylic acids is 1. The number of aromatic carboxylic acids is 1. The topological polar surface area (TPSA) is 91.3 Å². The molecule has 6 nitrogen and oxygen atoms in total. The van der Waals surface area contributed by atoms with Crippen LogP contribution in [-0.4, -0.2) is 22.1 Å². The summed E-state index contributed by atoms with van der Waals surface area (Å²) in [7, 11) is 0. The highest BCUT2D eigenvalue weighted by molar-refractivity contribution is 5.90. The van der Waals surface area contributed by atoms with E-state index in [1.54, 1.807) is 6.07 Å². The Bertz CT molecular complexity index is 671. The zero-order valence-electron chi connectivity index (χ0n) is 11.5. The van der Waals surface area contributed by atoms with Crippen LogP contribution in [0.4, 0.5) is 10.5 Å². The van der Waals surface area contributed by atoms with Gasteiger partial charge < -0.3 is 15.7 Å². The molecule has 0 aliphatic rings. The molecule has 3 N–H and O–H groups in total. The Morgan fingerprint density at radius 2 is 2.00 bits per heavy atom. The molecule has 1 aromatic heterocycles. The van der Waals surface area contributed by atoms with Crippen LogP contribution in [0.15, 0.2) is 42.6 Å². The quantitative estimate of drug-likeness (QED) is 0.804. The molecule has 6 heteroatoms. The van der Waals surface area contributed by atoms with Crippen LogP contribution in [0.5, 0.6) is 0 Å². The van der Waals surface area contributed by atoms with Crippen LogP contribution in [0.25, 0.3) is 0 Å². The second-order valence-corrected chi connectivity index (χ2v) is 4.46. The Kier molecular flexibility index (Phi) is 4.50. The number of urea groups is 1. The number of pyridine rings is 1. The number of benzene rings is 1. The van der Waals surface area contributed by atoms with Gasteiger partial charge in [-0.25, -0.2) is 9.59 Å². The number of carboxylic acid groups (broad SMARTS) is 1. The number of hydrogen-bond acceptors (Lipinski definition) is 3. The Hall–Kier alpha value is -2.89. The number of rotatable bonds is 4. The molecular weight excluding hydrogens is 270 g/mol. The summed E-state index contributed by atoms with van der Waals surface area (Å²) in [5, 5.41) is 14.2. The SMILES string of the molecule is Cc1ccccc1NC(=O)NCc1cc(C(=O)O)ccn1. The summed E-state index contributed by atoms with van der Waals surface area (Å²) in [6, 6.07) is 9.88. The van der Waals surface area contributed by atoms with Gasteiger partial charge in [-0.3, -0.25) is 4.98 Å². The molecule has 0 atom stereocenters. The van der Waals surface area contributed by atoms with Crippen molar-refractivity contribution in [1.82, 2.24) is 10.3 Å². The van der Waals surface area contributed by atoms with Crippen molar-refractivity contribution in [3.8, 4) is 0 Å². The average Bonchev–Trinajstić information content (AvgIpc) is 2.48. The maximum Gasteiger partial charge on any atom is 0.335 e. The maximum absolute atomic E-state index is 11.8. The van der Waals surface area contributed by atoms with Gasteiger partial charge in [0.2, 0.25) is 0 Å². The zero-order chi connectivity index (χ0) is 15.2. The minimum absolute atomic E-state index is 0.140. The summed E-state index contributed by atoms with van der Waals surface area (Å²) in [6.07, 6.45) is 1.40. The first-order valence-electron chi connectivity index (χ1n) is 6.35. The van der Waals surface area contributed by atoms with Crippen molar-refractivity contribution >= 4 is 17.7 Å². The van der Waals surface area contributed by atoms with E-state index in [9.17, 15) is 9.59 Å². The number of aromatic nitrogens is 1. The van der Waals surface area contributed by atoms with E-state index in [-0.39, 0.29) is 18.1 Å². The fourth-order valence-corrected chi connectivity index (χ4v) is 1.76. The first-order valence-corrected chi connectivity index (χ1v) is 6.35. The molecule has 0 aliphatic heterocycles. The standard InChI is InChI=1S/C15H15N3O3/c1-10-4-2-3-5-13(10)18-15(21)17-9-12-8-11(14(19)20)6-7-16-12/h2-8H,9H2,1H3,(H,19,20)(H2,17,18,21). The predicted molar refractivity (Wildman–Crippen MR) is 78.2 cm³/mol. The molecule has 0 unspecified atom stereocenters. The van der Waals surface area contributed by atoms with Crippen LogP contribution in [0.1, 0.15) is 21.6 Å². The van der Waals surface area contributed by atoms with E-state index in [0.717, 1.165) is 11.3 Å². The van der Waals surface area contributed by atoms with Crippen molar-refractivity contribution in [3.05, 3.63) is 59.4 Å². The van der Waals surface area contributed by atoms with Crippen molar-refractivity contribution in [2.75, 3.05) is 5.32 Å². The molecular formula is C15H15N3O3. The number of aryl methyl sites for hydroxylation is 1. The molecule has 108 valence electrons. The molecule has 2 aromatic rings. The van der Waals surface area contributed by atoms with Crippen LogP contribution in [0.2, 0.25) is 0 Å². The summed E-state index contributed by atoms with van der Waals surface area (Å²) in [6.45, 7) is 2.05. The van der Waals surface area contributed by atoms with Gasteiger partial charge in [0.15, 0.2) is 0 Å². The molecule has 0 aliphatic carbocycles. The minimum Gasteiger partial charge on any atom is -0.478 e. The van der Waals surface area contributed by atoms with Gasteiger partial charge in [-0.05, 0) is 30.7 Å². The largest absolute Gasteiger partial charge is 0.478 e. The third-order valence-corrected chi connectivity index (χ3v) is 2.89.